The van der Waals surface area contributed by atoms with Crippen LogP contribution in [0.2, 0.25) is 0 Å². The van der Waals surface area contributed by atoms with Crippen molar-refractivity contribution in [3.05, 3.63) is 29.8 Å². The number of para-hydroxylation sites is 1. The number of hydrogen-bond donors (Lipinski definition) is 1. The van der Waals surface area contributed by atoms with E-state index in [1.54, 1.807) is 0 Å². The lowest BCUT2D eigenvalue weighted by Gasteiger charge is -2.18. The first-order chi connectivity index (χ1) is 8.31. The van der Waals surface area contributed by atoms with Gasteiger partial charge in [0.2, 0.25) is 5.91 Å². The Bertz CT molecular complexity index is 395. The van der Waals surface area contributed by atoms with Crippen LogP contribution < -0.4 is 10.1 Å². The van der Waals surface area contributed by atoms with Crippen molar-refractivity contribution in [3.63, 3.8) is 0 Å². The average molecular weight is 254 g/mol. The van der Waals surface area contributed by atoms with Crippen molar-refractivity contribution in [2.45, 2.75) is 25.3 Å². The highest BCUT2D eigenvalue weighted by Crippen LogP contribution is 2.31. The summed E-state index contributed by atoms with van der Waals surface area (Å²) in [6.07, 6.45) is 2.21. The predicted octanol–water partition coefficient (Wildman–Crippen LogP) is 2.65. The van der Waals surface area contributed by atoms with Gasteiger partial charge in [-0.2, -0.15) is 0 Å². The van der Waals surface area contributed by atoms with E-state index in [1.165, 1.54) is 0 Å². The van der Waals surface area contributed by atoms with E-state index >= 15 is 0 Å². The van der Waals surface area contributed by atoms with Crippen LogP contribution in [0.4, 0.5) is 0 Å². The summed E-state index contributed by atoms with van der Waals surface area (Å²) in [5, 5.41) is 3.01. The van der Waals surface area contributed by atoms with Gasteiger partial charge in [0.1, 0.15) is 5.75 Å². The molecule has 92 valence electrons. The fourth-order valence-corrected chi connectivity index (χ4v) is 2.20. The van der Waals surface area contributed by atoms with Gasteiger partial charge in [-0.1, -0.05) is 18.2 Å². The van der Waals surface area contributed by atoms with Crippen LogP contribution in [0.1, 0.15) is 30.9 Å². The van der Waals surface area contributed by atoms with Crippen LogP contribution in [0.15, 0.2) is 24.3 Å². The van der Waals surface area contributed by atoms with E-state index in [2.05, 4.69) is 5.32 Å². The Kier molecular flexibility index (Phi) is 4.26. The number of fused-ring (bicyclic) bond motifs is 1. The van der Waals surface area contributed by atoms with Crippen molar-refractivity contribution in [3.8, 4) is 5.75 Å². The monoisotopic (exact) mass is 253 g/mol. The molecule has 2 rings (SSSR count). The van der Waals surface area contributed by atoms with Gasteiger partial charge in [-0.15, -0.1) is 11.6 Å². The molecule has 1 aliphatic rings. The van der Waals surface area contributed by atoms with Gasteiger partial charge in [-0.25, -0.2) is 0 Å². The molecule has 1 atom stereocenters. The molecule has 17 heavy (non-hydrogen) atoms. The second kappa shape index (κ2) is 5.92. The summed E-state index contributed by atoms with van der Waals surface area (Å²) in [6, 6.07) is 7.91. The third kappa shape index (κ3) is 3.13. The summed E-state index contributed by atoms with van der Waals surface area (Å²) in [7, 11) is 0. The van der Waals surface area contributed by atoms with E-state index in [-0.39, 0.29) is 11.9 Å². The van der Waals surface area contributed by atoms with Crippen LogP contribution in [0.25, 0.3) is 0 Å². The Labute approximate surface area is 106 Å². The van der Waals surface area contributed by atoms with Crippen molar-refractivity contribution in [2.75, 3.05) is 12.5 Å². The van der Waals surface area contributed by atoms with Gasteiger partial charge < -0.3 is 10.1 Å². The largest absolute Gasteiger partial charge is 0.493 e. The summed E-state index contributed by atoms with van der Waals surface area (Å²) >= 11 is 5.56. The highest BCUT2D eigenvalue weighted by atomic mass is 35.5. The highest BCUT2D eigenvalue weighted by Gasteiger charge is 2.20. The van der Waals surface area contributed by atoms with Crippen LogP contribution in [-0.2, 0) is 4.79 Å². The molecule has 3 nitrogen and oxygen atoms in total. The lowest BCUT2D eigenvalue weighted by Crippen LogP contribution is -2.28. The molecule has 0 aromatic heterocycles. The van der Waals surface area contributed by atoms with Gasteiger partial charge in [-0.05, 0) is 18.9 Å². The van der Waals surface area contributed by atoms with E-state index < -0.39 is 0 Å². The third-order valence-electron chi connectivity index (χ3n) is 2.85. The van der Waals surface area contributed by atoms with Gasteiger partial charge in [0.25, 0.3) is 0 Å². The van der Waals surface area contributed by atoms with Crippen molar-refractivity contribution >= 4 is 17.5 Å². The number of halogens is 1. The fraction of sp³-hybridized carbons (Fsp3) is 0.462. The number of rotatable bonds is 3. The molecule has 0 radical (unpaired) electrons. The molecule has 0 saturated carbocycles. The van der Waals surface area contributed by atoms with E-state index in [0.29, 0.717) is 18.9 Å². The number of ether oxygens (including phenoxy) is 1. The number of carbonyl (C=O) groups is 1. The summed E-state index contributed by atoms with van der Waals surface area (Å²) in [5.41, 5.74) is 1.06. The minimum absolute atomic E-state index is 0.00158. The van der Waals surface area contributed by atoms with Crippen molar-refractivity contribution < 1.29 is 9.53 Å². The van der Waals surface area contributed by atoms with Crippen LogP contribution in [-0.4, -0.2) is 18.4 Å². The summed E-state index contributed by atoms with van der Waals surface area (Å²) in [4.78, 5) is 11.6. The molecule has 0 spiro atoms. The molecule has 0 aliphatic carbocycles. The van der Waals surface area contributed by atoms with Crippen LogP contribution in [0.3, 0.4) is 0 Å². The van der Waals surface area contributed by atoms with E-state index in [4.69, 9.17) is 16.3 Å². The maximum Gasteiger partial charge on any atom is 0.221 e. The number of alkyl halides is 1. The van der Waals surface area contributed by atoms with Gasteiger partial charge in [0, 0.05) is 17.9 Å². The molecular weight excluding hydrogens is 238 g/mol. The Morgan fingerprint density at radius 2 is 2.29 bits per heavy atom. The number of hydrogen-bond acceptors (Lipinski definition) is 2. The molecule has 1 aliphatic heterocycles. The highest BCUT2D eigenvalue weighted by molar-refractivity contribution is 6.18. The molecule has 1 unspecified atom stereocenters. The number of carbonyl (C=O) groups excluding carboxylic acids is 1. The zero-order valence-corrected chi connectivity index (χ0v) is 10.4. The summed E-state index contributed by atoms with van der Waals surface area (Å²) < 4.78 is 5.64. The van der Waals surface area contributed by atoms with Crippen LogP contribution >= 0.6 is 11.6 Å². The molecule has 1 aromatic carbocycles. The molecule has 1 amide bonds. The SMILES string of the molecule is O=C(CCCl)NC1CCCOc2ccccc21. The van der Waals surface area contributed by atoms with Crippen molar-refractivity contribution in [1.82, 2.24) is 5.32 Å². The van der Waals surface area contributed by atoms with Gasteiger partial charge in [0.15, 0.2) is 0 Å². The maximum absolute atomic E-state index is 11.6. The Balaban J connectivity index is 2.14. The van der Waals surface area contributed by atoms with Crippen LogP contribution in [0, 0.1) is 0 Å². The zero-order valence-electron chi connectivity index (χ0n) is 9.62. The second-order valence-corrected chi connectivity index (χ2v) is 4.47. The Morgan fingerprint density at radius 3 is 3.12 bits per heavy atom. The zero-order chi connectivity index (χ0) is 12.1. The van der Waals surface area contributed by atoms with Crippen LogP contribution in [0.5, 0.6) is 5.75 Å². The summed E-state index contributed by atoms with van der Waals surface area (Å²) in [5.74, 6) is 1.24. The molecular formula is C13H16ClNO2. The van der Waals surface area contributed by atoms with E-state index in [1.807, 2.05) is 24.3 Å². The third-order valence-corrected chi connectivity index (χ3v) is 3.03. The average Bonchev–Trinajstić information content (AvgIpc) is 2.53. The Hall–Kier alpha value is -1.22. The maximum atomic E-state index is 11.6. The smallest absolute Gasteiger partial charge is 0.221 e. The molecule has 0 bridgehead atoms. The van der Waals surface area contributed by atoms with Gasteiger partial charge in [-0.3, -0.25) is 4.79 Å². The first-order valence-electron chi connectivity index (χ1n) is 5.88. The lowest BCUT2D eigenvalue weighted by atomic mass is 10.0. The van der Waals surface area contributed by atoms with E-state index in [9.17, 15) is 4.79 Å². The Morgan fingerprint density at radius 1 is 1.47 bits per heavy atom. The molecule has 1 aromatic rings. The van der Waals surface area contributed by atoms with Gasteiger partial charge >= 0.3 is 0 Å². The molecule has 1 heterocycles. The summed E-state index contributed by atoms with van der Waals surface area (Å²) in [6.45, 7) is 0.707. The minimum atomic E-state index is 0.00158. The molecule has 1 N–H and O–H groups in total. The first-order valence-corrected chi connectivity index (χ1v) is 6.42. The van der Waals surface area contributed by atoms with Crippen molar-refractivity contribution in [2.24, 2.45) is 0 Å². The minimum Gasteiger partial charge on any atom is -0.493 e. The number of benzene rings is 1. The predicted molar refractivity (Wildman–Crippen MR) is 67.4 cm³/mol. The molecule has 4 heteroatoms. The quantitative estimate of drug-likeness (QED) is 0.841. The number of nitrogens with one attached hydrogen (secondary N) is 1. The normalized spacial score (nSPS) is 18.8. The topological polar surface area (TPSA) is 38.3 Å². The molecule has 0 saturated heterocycles. The van der Waals surface area contributed by atoms with E-state index in [0.717, 1.165) is 24.2 Å². The fourth-order valence-electron chi connectivity index (χ4n) is 2.03. The lowest BCUT2D eigenvalue weighted by molar-refractivity contribution is -0.121. The first kappa shape index (κ1) is 12.2. The standard InChI is InChI=1S/C13H16ClNO2/c14-8-7-13(16)15-11-5-3-9-17-12-6-2-1-4-10(11)12/h1-2,4,6,11H,3,5,7-9H2,(H,15,16). The molecule has 0 fully saturated rings. The number of amides is 1. The van der Waals surface area contributed by atoms with Gasteiger partial charge in [0.05, 0.1) is 12.6 Å². The second-order valence-electron chi connectivity index (χ2n) is 4.09. The van der Waals surface area contributed by atoms with Crippen molar-refractivity contribution in [1.29, 1.82) is 0 Å².